The van der Waals surface area contributed by atoms with Gasteiger partial charge in [0, 0.05) is 6.04 Å². The maximum atomic E-state index is 5.58. The minimum Gasteiger partial charge on any atom is -0.478 e. The maximum absolute atomic E-state index is 5.58. The molecule has 102 valence electrons. The van der Waals surface area contributed by atoms with E-state index in [1.165, 1.54) is 0 Å². The molecular weight excluding hydrogens is 230 g/mol. The summed E-state index contributed by atoms with van der Waals surface area (Å²) < 4.78 is 10.9. The van der Waals surface area contributed by atoms with Gasteiger partial charge in [-0.25, -0.2) is 0 Å². The van der Waals surface area contributed by atoms with Crippen molar-refractivity contribution in [3.8, 4) is 11.8 Å². The van der Waals surface area contributed by atoms with Crippen molar-refractivity contribution in [2.75, 3.05) is 19.8 Å². The van der Waals surface area contributed by atoms with E-state index in [9.17, 15) is 0 Å². The number of nitrogens with one attached hydrogen (secondary N) is 1. The van der Waals surface area contributed by atoms with Crippen molar-refractivity contribution in [1.29, 1.82) is 0 Å². The lowest BCUT2D eigenvalue weighted by atomic mass is 10.3. The summed E-state index contributed by atoms with van der Waals surface area (Å²) in [5, 5.41) is 3.34. The minimum atomic E-state index is 0.510. The Bertz CT molecular complexity index is 356. The number of nitrogens with zero attached hydrogens (tertiary/aromatic N) is 2. The fourth-order valence-corrected chi connectivity index (χ4v) is 1.45. The molecule has 5 nitrogen and oxygen atoms in total. The highest BCUT2D eigenvalue weighted by Crippen LogP contribution is 2.15. The molecular formula is C13H23N3O2. The summed E-state index contributed by atoms with van der Waals surface area (Å²) >= 11 is 0. The molecule has 0 aliphatic rings. The topological polar surface area (TPSA) is 56.3 Å². The van der Waals surface area contributed by atoms with Crippen LogP contribution in [-0.4, -0.2) is 35.8 Å². The van der Waals surface area contributed by atoms with Crippen LogP contribution < -0.4 is 14.8 Å². The Balaban J connectivity index is 2.37. The molecule has 0 amide bonds. The summed E-state index contributed by atoms with van der Waals surface area (Å²) in [5.41, 5.74) is 0. The number of hydrogen-bond donors (Lipinski definition) is 1. The van der Waals surface area contributed by atoms with Crippen molar-refractivity contribution in [3.05, 3.63) is 11.9 Å². The summed E-state index contributed by atoms with van der Waals surface area (Å²) in [6, 6.07) is 2.24. The first-order valence-corrected chi connectivity index (χ1v) is 6.46. The summed E-state index contributed by atoms with van der Waals surface area (Å²) in [6.07, 6.45) is 0.950. The molecule has 0 saturated carbocycles. The van der Waals surface area contributed by atoms with Crippen LogP contribution in [0, 0.1) is 6.92 Å². The lowest BCUT2D eigenvalue weighted by molar-refractivity contribution is 0.284. The second-order valence-corrected chi connectivity index (χ2v) is 4.34. The molecule has 0 aliphatic carbocycles. The molecule has 5 heteroatoms. The average molecular weight is 253 g/mol. The van der Waals surface area contributed by atoms with Gasteiger partial charge in [0.2, 0.25) is 11.8 Å². The highest BCUT2D eigenvalue weighted by molar-refractivity contribution is 5.20. The second kappa shape index (κ2) is 7.87. The monoisotopic (exact) mass is 253 g/mol. The van der Waals surface area contributed by atoms with Gasteiger partial charge in [-0.2, -0.15) is 9.97 Å². The summed E-state index contributed by atoms with van der Waals surface area (Å²) in [5.74, 6) is 1.81. The summed E-state index contributed by atoms with van der Waals surface area (Å²) in [7, 11) is 0. The van der Waals surface area contributed by atoms with Crippen LogP contribution in [0.25, 0.3) is 0 Å². The highest BCUT2D eigenvalue weighted by Gasteiger charge is 2.03. The van der Waals surface area contributed by atoms with Crippen molar-refractivity contribution >= 4 is 0 Å². The van der Waals surface area contributed by atoms with E-state index in [2.05, 4.69) is 29.1 Å². The first kappa shape index (κ1) is 14.7. The van der Waals surface area contributed by atoms with E-state index >= 15 is 0 Å². The van der Waals surface area contributed by atoms with Crippen molar-refractivity contribution in [1.82, 2.24) is 15.3 Å². The zero-order chi connectivity index (χ0) is 13.4. The van der Waals surface area contributed by atoms with Gasteiger partial charge >= 0.3 is 0 Å². The molecule has 1 aromatic heterocycles. The van der Waals surface area contributed by atoms with E-state index in [4.69, 9.17) is 9.47 Å². The third-order valence-corrected chi connectivity index (χ3v) is 2.21. The van der Waals surface area contributed by atoms with Crippen LogP contribution in [-0.2, 0) is 0 Å². The average Bonchev–Trinajstić information content (AvgIpc) is 2.28. The van der Waals surface area contributed by atoms with Crippen molar-refractivity contribution < 1.29 is 9.47 Å². The van der Waals surface area contributed by atoms with Crippen LogP contribution in [0.4, 0.5) is 0 Å². The molecule has 0 aromatic carbocycles. The first-order valence-electron chi connectivity index (χ1n) is 6.46. The first-order chi connectivity index (χ1) is 8.61. The molecule has 0 fully saturated rings. The molecule has 0 radical (unpaired) electrons. The number of rotatable bonds is 8. The third kappa shape index (κ3) is 5.82. The van der Waals surface area contributed by atoms with Crippen molar-refractivity contribution in [3.63, 3.8) is 0 Å². The zero-order valence-corrected chi connectivity index (χ0v) is 11.7. The van der Waals surface area contributed by atoms with Gasteiger partial charge in [0.25, 0.3) is 0 Å². The standard InChI is InChI=1S/C13H23N3O2/c1-5-17-12-9-13(16-11(4)15-12)18-8-6-7-14-10(2)3/h9-10,14H,5-8H2,1-4H3. The van der Waals surface area contributed by atoms with E-state index in [1.807, 2.05) is 13.8 Å². The van der Waals surface area contributed by atoms with Gasteiger partial charge in [-0.3, -0.25) is 0 Å². The van der Waals surface area contributed by atoms with Crippen molar-refractivity contribution in [2.45, 2.75) is 40.2 Å². The van der Waals surface area contributed by atoms with Gasteiger partial charge in [0.1, 0.15) is 5.82 Å². The summed E-state index contributed by atoms with van der Waals surface area (Å²) in [4.78, 5) is 8.38. The van der Waals surface area contributed by atoms with Crippen molar-refractivity contribution in [2.24, 2.45) is 0 Å². The van der Waals surface area contributed by atoms with E-state index in [0.29, 0.717) is 36.8 Å². The molecule has 0 unspecified atom stereocenters. The number of ether oxygens (including phenoxy) is 2. The third-order valence-electron chi connectivity index (χ3n) is 2.21. The van der Waals surface area contributed by atoms with E-state index < -0.39 is 0 Å². The van der Waals surface area contributed by atoms with Gasteiger partial charge in [-0.15, -0.1) is 0 Å². The predicted molar refractivity (Wildman–Crippen MR) is 71.2 cm³/mol. The Hall–Kier alpha value is -1.36. The Morgan fingerprint density at radius 1 is 1.22 bits per heavy atom. The molecule has 1 aromatic rings. The molecule has 1 rings (SSSR count). The van der Waals surface area contributed by atoms with Gasteiger partial charge in [0.15, 0.2) is 0 Å². The Morgan fingerprint density at radius 2 is 1.89 bits per heavy atom. The summed E-state index contributed by atoms with van der Waals surface area (Å²) in [6.45, 7) is 10.2. The second-order valence-electron chi connectivity index (χ2n) is 4.34. The van der Waals surface area contributed by atoms with Gasteiger partial charge in [0.05, 0.1) is 19.3 Å². The van der Waals surface area contributed by atoms with Crippen LogP contribution in [0.15, 0.2) is 6.07 Å². The lowest BCUT2D eigenvalue weighted by Crippen LogP contribution is -2.24. The van der Waals surface area contributed by atoms with Crippen LogP contribution in [0.5, 0.6) is 11.8 Å². The van der Waals surface area contributed by atoms with Gasteiger partial charge < -0.3 is 14.8 Å². The maximum Gasteiger partial charge on any atom is 0.220 e. The Kier molecular flexibility index (Phi) is 6.43. The molecule has 18 heavy (non-hydrogen) atoms. The SMILES string of the molecule is CCOc1cc(OCCCNC(C)C)nc(C)n1. The van der Waals surface area contributed by atoms with Crippen LogP contribution in [0.2, 0.25) is 0 Å². The Labute approximate surface area is 109 Å². The highest BCUT2D eigenvalue weighted by atomic mass is 16.5. The molecule has 0 saturated heterocycles. The molecule has 0 bridgehead atoms. The van der Waals surface area contributed by atoms with Crippen LogP contribution in [0.1, 0.15) is 33.0 Å². The van der Waals surface area contributed by atoms with Crippen LogP contribution >= 0.6 is 0 Å². The largest absolute Gasteiger partial charge is 0.478 e. The number of hydrogen-bond acceptors (Lipinski definition) is 5. The molecule has 0 spiro atoms. The van der Waals surface area contributed by atoms with Gasteiger partial charge in [-0.1, -0.05) is 13.8 Å². The molecule has 1 heterocycles. The molecule has 0 aliphatic heterocycles. The fraction of sp³-hybridized carbons (Fsp3) is 0.692. The van der Waals surface area contributed by atoms with E-state index in [-0.39, 0.29) is 0 Å². The van der Waals surface area contributed by atoms with Gasteiger partial charge in [-0.05, 0) is 26.8 Å². The Morgan fingerprint density at radius 3 is 2.50 bits per heavy atom. The number of aromatic nitrogens is 2. The zero-order valence-electron chi connectivity index (χ0n) is 11.7. The van der Waals surface area contributed by atoms with E-state index in [1.54, 1.807) is 6.07 Å². The fourth-order valence-electron chi connectivity index (χ4n) is 1.45. The normalized spacial score (nSPS) is 10.7. The quantitative estimate of drug-likeness (QED) is 0.718. The molecule has 1 N–H and O–H groups in total. The minimum absolute atomic E-state index is 0.510. The van der Waals surface area contributed by atoms with E-state index in [0.717, 1.165) is 13.0 Å². The van der Waals surface area contributed by atoms with Crippen LogP contribution in [0.3, 0.4) is 0 Å². The lowest BCUT2D eigenvalue weighted by Gasteiger charge is -2.10. The smallest absolute Gasteiger partial charge is 0.220 e. The molecule has 0 atom stereocenters. The predicted octanol–water partition coefficient (Wildman–Crippen LogP) is 1.95. The number of aryl methyl sites for hydroxylation is 1.